The van der Waals surface area contributed by atoms with Gasteiger partial charge < -0.3 is 5.11 Å². The number of nitrogens with zero attached hydrogens (tertiary/aromatic N) is 4. The highest BCUT2D eigenvalue weighted by Crippen LogP contribution is 2.33. The Balaban J connectivity index is 0.00000176. The zero-order valence-electron chi connectivity index (χ0n) is 18.3. The third-order valence-corrected chi connectivity index (χ3v) is 4.47. The summed E-state index contributed by atoms with van der Waals surface area (Å²) in [4.78, 5) is 33.5. The number of nitrogens with one attached hydrogen (secondary N) is 1. The lowest BCUT2D eigenvalue weighted by Crippen LogP contribution is -2.30. The molecule has 32 heavy (non-hydrogen) atoms. The average molecular weight is 460 g/mol. The molecule has 0 saturated carbocycles. The van der Waals surface area contributed by atoms with Gasteiger partial charge in [0.05, 0.1) is 5.02 Å². The van der Waals surface area contributed by atoms with Crippen molar-refractivity contribution in [3.05, 3.63) is 69.4 Å². The van der Waals surface area contributed by atoms with Crippen LogP contribution in [0.2, 0.25) is 5.02 Å². The predicted molar refractivity (Wildman–Crippen MR) is 124 cm³/mol. The Labute approximate surface area is 190 Å². The summed E-state index contributed by atoms with van der Waals surface area (Å²) in [6, 6.07) is 5.10. The quantitative estimate of drug-likeness (QED) is 0.281. The fraction of sp³-hybridized carbons (Fsp3) is 0.273. The molecule has 0 aliphatic carbocycles. The smallest absolute Gasteiger partial charge is 0.301 e. The molecule has 0 bridgehead atoms. The molecule has 2 heterocycles. The number of para-hydroxylation sites is 1. The van der Waals surface area contributed by atoms with Gasteiger partial charge in [0, 0.05) is 11.6 Å². The molecule has 9 nitrogen and oxygen atoms in total. The Bertz CT molecular complexity index is 1210. The molecule has 1 amide bonds. The SMILES string of the molecule is CC.CC/C=C\C(=C/CC)c1nc2nc(C(=O)N(O)c3cccc(Cl)c3O)cc(=O)n2[nH]1. The molecule has 3 aromatic rings. The van der Waals surface area contributed by atoms with Gasteiger partial charge in [0.2, 0.25) is 0 Å². The second-order valence-electron chi connectivity index (χ2n) is 6.29. The maximum absolute atomic E-state index is 12.6. The van der Waals surface area contributed by atoms with Gasteiger partial charge in [-0.3, -0.25) is 19.9 Å². The maximum Gasteiger partial charge on any atom is 0.301 e. The fourth-order valence-electron chi connectivity index (χ4n) is 2.72. The van der Waals surface area contributed by atoms with Crippen LogP contribution < -0.4 is 10.6 Å². The van der Waals surface area contributed by atoms with Gasteiger partial charge in [-0.25, -0.2) is 4.98 Å². The molecule has 1 aromatic carbocycles. The molecular weight excluding hydrogens is 434 g/mol. The highest BCUT2D eigenvalue weighted by Gasteiger charge is 2.23. The van der Waals surface area contributed by atoms with E-state index in [0.717, 1.165) is 29.0 Å². The molecular formula is C22H26ClN5O4. The van der Waals surface area contributed by atoms with Gasteiger partial charge in [0.1, 0.15) is 11.4 Å². The zero-order valence-corrected chi connectivity index (χ0v) is 19.1. The van der Waals surface area contributed by atoms with E-state index in [9.17, 15) is 19.9 Å². The number of hydroxylamine groups is 1. The largest absolute Gasteiger partial charge is 0.504 e. The minimum Gasteiger partial charge on any atom is -0.504 e. The molecule has 170 valence electrons. The number of halogens is 1. The highest BCUT2D eigenvalue weighted by molar-refractivity contribution is 6.32. The van der Waals surface area contributed by atoms with Crippen LogP contribution in [0.25, 0.3) is 11.4 Å². The van der Waals surface area contributed by atoms with Gasteiger partial charge >= 0.3 is 5.91 Å². The van der Waals surface area contributed by atoms with Crippen molar-refractivity contribution in [2.45, 2.75) is 40.5 Å². The number of hydrogen-bond donors (Lipinski definition) is 3. The molecule has 3 N–H and O–H groups in total. The molecule has 0 aliphatic rings. The van der Waals surface area contributed by atoms with Gasteiger partial charge in [0.25, 0.3) is 11.3 Å². The molecule has 10 heteroatoms. The van der Waals surface area contributed by atoms with Crippen molar-refractivity contribution in [2.24, 2.45) is 0 Å². The van der Waals surface area contributed by atoms with E-state index >= 15 is 0 Å². The first kappa shape index (κ1) is 24.8. The minimum atomic E-state index is -1.02. The maximum atomic E-state index is 12.6. The Morgan fingerprint density at radius 3 is 2.62 bits per heavy atom. The number of phenols is 1. The number of amides is 1. The molecule has 0 unspecified atom stereocenters. The molecule has 3 rings (SSSR count). The van der Waals surface area contributed by atoms with Gasteiger partial charge in [-0.15, -0.1) is 0 Å². The first-order valence-electron chi connectivity index (χ1n) is 10.2. The summed E-state index contributed by atoms with van der Waals surface area (Å²) in [5.41, 5.74) is -0.383. The Morgan fingerprint density at radius 1 is 1.25 bits per heavy atom. The third-order valence-electron chi connectivity index (χ3n) is 4.17. The number of phenolic OH excluding ortho intramolecular Hbond substituents is 1. The lowest BCUT2D eigenvalue weighted by Gasteiger charge is -2.16. The van der Waals surface area contributed by atoms with E-state index in [0.29, 0.717) is 5.82 Å². The van der Waals surface area contributed by atoms with Gasteiger partial charge in [-0.2, -0.15) is 14.6 Å². The molecule has 0 atom stereocenters. The summed E-state index contributed by atoms with van der Waals surface area (Å²) >= 11 is 5.81. The summed E-state index contributed by atoms with van der Waals surface area (Å²) in [6.07, 6.45) is 7.38. The van der Waals surface area contributed by atoms with Crippen molar-refractivity contribution in [1.29, 1.82) is 0 Å². The topological polar surface area (TPSA) is 124 Å². The third kappa shape index (κ3) is 5.24. The van der Waals surface area contributed by atoms with Crippen LogP contribution in [0.1, 0.15) is 56.8 Å². The van der Waals surface area contributed by atoms with Gasteiger partial charge in [-0.1, -0.05) is 63.6 Å². The van der Waals surface area contributed by atoms with Crippen LogP contribution in [0.15, 0.2) is 47.3 Å². The first-order chi connectivity index (χ1) is 15.4. The highest BCUT2D eigenvalue weighted by atomic mass is 35.5. The number of allylic oxidation sites excluding steroid dienone is 4. The number of aromatic nitrogens is 4. The molecule has 0 radical (unpaired) electrons. The Kier molecular flexibility index (Phi) is 8.74. The van der Waals surface area contributed by atoms with Crippen LogP contribution in [0.5, 0.6) is 5.75 Å². The predicted octanol–water partition coefficient (Wildman–Crippen LogP) is 4.60. The van der Waals surface area contributed by atoms with Crippen LogP contribution in [-0.4, -0.2) is 35.8 Å². The van der Waals surface area contributed by atoms with Crippen LogP contribution in [0.4, 0.5) is 5.69 Å². The van der Waals surface area contributed by atoms with E-state index in [4.69, 9.17) is 11.6 Å². The van der Waals surface area contributed by atoms with E-state index in [-0.39, 0.29) is 27.2 Å². The summed E-state index contributed by atoms with van der Waals surface area (Å²) < 4.78 is 1.11. The van der Waals surface area contributed by atoms with E-state index in [1.165, 1.54) is 18.2 Å². The van der Waals surface area contributed by atoms with E-state index in [2.05, 4.69) is 15.1 Å². The fourth-order valence-corrected chi connectivity index (χ4v) is 2.89. The molecule has 0 spiro atoms. The standard InChI is InChI=1S/C20H20ClN5O4.C2H6/c1-3-5-8-12(7-4-2)18-23-20-22-14(11-16(27)25(20)24-18)19(29)26(30)15-10-6-9-13(21)17(15)28;1-2/h5-11,28,30H,3-4H2,1-2H3,(H,22,23,24);1-2H3/b8-5-,12-7+;. The van der Waals surface area contributed by atoms with E-state index in [1.807, 2.05) is 45.9 Å². The van der Waals surface area contributed by atoms with Gasteiger partial charge in [-0.05, 0) is 25.0 Å². The van der Waals surface area contributed by atoms with Crippen molar-refractivity contribution >= 4 is 34.5 Å². The Hall–Kier alpha value is -3.43. The molecule has 0 aliphatic heterocycles. The van der Waals surface area contributed by atoms with Crippen molar-refractivity contribution in [3.8, 4) is 5.75 Å². The zero-order chi connectivity index (χ0) is 23.8. The van der Waals surface area contributed by atoms with Crippen LogP contribution >= 0.6 is 11.6 Å². The number of rotatable bonds is 6. The van der Waals surface area contributed by atoms with Crippen LogP contribution in [-0.2, 0) is 0 Å². The normalized spacial score (nSPS) is 11.5. The summed E-state index contributed by atoms with van der Waals surface area (Å²) in [5.74, 6) is -1.11. The molecule has 0 fully saturated rings. The lowest BCUT2D eigenvalue weighted by molar-refractivity contribution is 0.0847. The second kappa shape index (κ2) is 11.3. The summed E-state index contributed by atoms with van der Waals surface area (Å²) in [7, 11) is 0. The summed E-state index contributed by atoms with van der Waals surface area (Å²) in [6.45, 7) is 7.98. The van der Waals surface area contributed by atoms with Crippen molar-refractivity contribution < 1.29 is 15.1 Å². The second-order valence-corrected chi connectivity index (χ2v) is 6.70. The number of aromatic amines is 1. The summed E-state index contributed by atoms with van der Waals surface area (Å²) in [5, 5.41) is 23.2. The number of anilines is 1. The molecule has 2 aromatic heterocycles. The lowest BCUT2D eigenvalue weighted by atomic mass is 10.2. The number of H-pyrrole nitrogens is 1. The Morgan fingerprint density at radius 2 is 1.97 bits per heavy atom. The number of benzene rings is 1. The van der Waals surface area contributed by atoms with Gasteiger partial charge in [0.15, 0.2) is 11.6 Å². The first-order valence-corrected chi connectivity index (χ1v) is 10.6. The number of carbonyl (C=O) groups excluding carboxylic acids is 1. The number of fused-ring (bicyclic) bond motifs is 1. The number of carbonyl (C=O) groups is 1. The van der Waals surface area contributed by atoms with Crippen molar-refractivity contribution in [1.82, 2.24) is 19.6 Å². The number of hydrogen-bond acceptors (Lipinski definition) is 6. The monoisotopic (exact) mass is 459 g/mol. The number of aromatic hydroxyl groups is 1. The van der Waals surface area contributed by atoms with Crippen LogP contribution in [0, 0.1) is 0 Å². The molecule has 0 saturated heterocycles. The minimum absolute atomic E-state index is 0.0310. The van der Waals surface area contributed by atoms with Crippen LogP contribution in [0.3, 0.4) is 0 Å². The average Bonchev–Trinajstić information content (AvgIpc) is 3.23. The van der Waals surface area contributed by atoms with Crippen molar-refractivity contribution in [2.75, 3.05) is 5.06 Å². The van der Waals surface area contributed by atoms with E-state index in [1.54, 1.807) is 0 Å². The van der Waals surface area contributed by atoms with E-state index < -0.39 is 17.2 Å². The van der Waals surface area contributed by atoms with Crippen molar-refractivity contribution in [3.63, 3.8) is 0 Å².